The Labute approximate surface area is 140 Å². The number of nitrogens with zero attached hydrogens (tertiary/aromatic N) is 2. The van der Waals surface area contributed by atoms with Crippen molar-refractivity contribution in [3.05, 3.63) is 48.3 Å². The number of benzene rings is 1. The molecule has 0 unspecified atom stereocenters. The van der Waals surface area contributed by atoms with E-state index in [1.54, 1.807) is 6.07 Å². The molecule has 5 heteroatoms. The van der Waals surface area contributed by atoms with Gasteiger partial charge in [0.15, 0.2) is 0 Å². The molecule has 1 fully saturated rings. The molecule has 4 rings (SSSR count). The maximum atomic E-state index is 9.19. The van der Waals surface area contributed by atoms with E-state index < -0.39 is 0 Å². The van der Waals surface area contributed by atoms with Crippen LogP contribution in [0.5, 0.6) is 5.75 Å². The number of hydrogen-bond donors (Lipinski definition) is 2. The van der Waals surface area contributed by atoms with Crippen molar-refractivity contribution in [1.29, 1.82) is 5.26 Å². The summed E-state index contributed by atoms with van der Waals surface area (Å²) in [5.41, 5.74) is 2.32. The number of nitrogens with one attached hydrogen (secondary N) is 2. The Bertz CT molecular complexity index is 905. The first-order chi connectivity index (χ1) is 11.8. The summed E-state index contributed by atoms with van der Waals surface area (Å²) in [5, 5.41) is 13.6. The average Bonchev–Trinajstić information content (AvgIpc) is 3.30. The Morgan fingerprint density at radius 3 is 3.00 bits per heavy atom. The highest BCUT2D eigenvalue weighted by Crippen LogP contribution is 2.32. The topological polar surface area (TPSA) is 73.7 Å². The molecule has 3 aromatic rings. The number of anilines is 2. The minimum absolute atomic E-state index is 0.349. The first-order valence-electron chi connectivity index (χ1n) is 8.19. The molecule has 120 valence electrons. The molecule has 2 N–H and O–H groups in total. The summed E-state index contributed by atoms with van der Waals surface area (Å²) < 4.78 is 5.80. The van der Waals surface area contributed by atoms with Crippen molar-refractivity contribution >= 4 is 22.4 Å². The predicted octanol–water partition coefficient (Wildman–Crippen LogP) is 4.36. The highest BCUT2D eigenvalue weighted by Gasteiger charge is 2.20. The third-order valence-corrected chi connectivity index (χ3v) is 4.23. The van der Waals surface area contributed by atoms with E-state index in [9.17, 15) is 5.26 Å². The van der Waals surface area contributed by atoms with Gasteiger partial charge in [-0.3, -0.25) is 0 Å². The summed E-state index contributed by atoms with van der Waals surface area (Å²) in [6.45, 7) is 0.688. The third-order valence-electron chi connectivity index (χ3n) is 4.23. The van der Waals surface area contributed by atoms with Crippen LogP contribution in [0, 0.1) is 17.2 Å². The summed E-state index contributed by atoms with van der Waals surface area (Å²) in [6.07, 6.45) is 5.62. The number of pyridine rings is 1. The summed E-state index contributed by atoms with van der Waals surface area (Å²) >= 11 is 0. The molecule has 0 saturated heterocycles. The zero-order valence-corrected chi connectivity index (χ0v) is 13.2. The normalized spacial score (nSPS) is 13.6. The largest absolute Gasteiger partial charge is 0.493 e. The fourth-order valence-electron chi connectivity index (χ4n) is 2.73. The van der Waals surface area contributed by atoms with E-state index >= 15 is 0 Å². The molecular formula is C19H18N4O. The minimum atomic E-state index is 0.349. The highest BCUT2D eigenvalue weighted by atomic mass is 16.5. The molecule has 24 heavy (non-hydrogen) atoms. The Morgan fingerprint density at radius 2 is 2.17 bits per heavy atom. The molecular weight excluding hydrogens is 300 g/mol. The van der Waals surface area contributed by atoms with Crippen LogP contribution in [0.25, 0.3) is 10.9 Å². The number of aromatic amines is 1. The van der Waals surface area contributed by atoms with Gasteiger partial charge in [-0.2, -0.15) is 5.26 Å². The van der Waals surface area contributed by atoms with Crippen molar-refractivity contribution in [3.8, 4) is 11.8 Å². The van der Waals surface area contributed by atoms with Gasteiger partial charge in [-0.1, -0.05) is 18.9 Å². The van der Waals surface area contributed by atoms with E-state index in [1.165, 1.54) is 12.8 Å². The lowest BCUT2D eigenvalue weighted by molar-refractivity contribution is 0.302. The number of fused-ring (bicyclic) bond motifs is 1. The second kappa shape index (κ2) is 6.25. The van der Waals surface area contributed by atoms with Crippen LogP contribution in [0.15, 0.2) is 42.6 Å². The second-order valence-electron chi connectivity index (χ2n) is 6.17. The summed E-state index contributed by atoms with van der Waals surface area (Å²) in [5.74, 6) is 2.12. The lowest BCUT2D eigenvalue weighted by atomic mass is 10.2. The monoisotopic (exact) mass is 318 g/mol. The smallest absolute Gasteiger partial charge is 0.146 e. The maximum absolute atomic E-state index is 9.19. The van der Waals surface area contributed by atoms with Gasteiger partial charge in [0.05, 0.1) is 6.61 Å². The van der Waals surface area contributed by atoms with Gasteiger partial charge in [0.25, 0.3) is 0 Å². The van der Waals surface area contributed by atoms with Crippen LogP contribution >= 0.6 is 0 Å². The quantitative estimate of drug-likeness (QED) is 0.708. The third kappa shape index (κ3) is 3.33. The number of H-pyrrole nitrogens is 1. The standard InChI is InChI=1S/C19H18N4O/c20-12-16-9-17(24-8-6-13-1-2-13)11-19(23-16)22-15-4-3-14-5-7-21-18(14)10-15/h3-5,7,9-11,13,21H,1-2,6,8H2,(H,22,23). The second-order valence-corrected chi connectivity index (χ2v) is 6.17. The van der Waals surface area contributed by atoms with Gasteiger partial charge in [0.1, 0.15) is 23.3 Å². The van der Waals surface area contributed by atoms with Gasteiger partial charge in [0, 0.05) is 29.5 Å². The van der Waals surface area contributed by atoms with Crippen LogP contribution in [0.2, 0.25) is 0 Å². The molecule has 0 amide bonds. The molecule has 5 nitrogen and oxygen atoms in total. The van der Waals surface area contributed by atoms with Gasteiger partial charge in [-0.15, -0.1) is 0 Å². The van der Waals surface area contributed by atoms with Gasteiger partial charge < -0.3 is 15.0 Å². The Balaban J connectivity index is 1.52. The predicted molar refractivity (Wildman–Crippen MR) is 93.4 cm³/mol. The Morgan fingerprint density at radius 1 is 1.25 bits per heavy atom. The zero-order chi connectivity index (χ0) is 16.4. The van der Waals surface area contributed by atoms with Gasteiger partial charge in [-0.05, 0) is 35.9 Å². The Kier molecular flexibility index (Phi) is 3.80. The van der Waals surface area contributed by atoms with Crippen LogP contribution in [0.3, 0.4) is 0 Å². The van der Waals surface area contributed by atoms with Crippen molar-refractivity contribution in [2.24, 2.45) is 5.92 Å². The molecule has 1 aromatic carbocycles. The molecule has 0 radical (unpaired) electrons. The molecule has 1 aliphatic rings. The summed E-state index contributed by atoms with van der Waals surface area (Å²) in [7, 11) is 0. The van der Waals surface area contributed by atoms with Gasteiger partial charge in [-0.25, -0.2) is 4.98 Å². The average molecular weight is 318 g/mol. The van der Waals surface area contributed by atoms with Crippen LogP contribution in [-0.2, 0) is 0 Å². The van der Waals surface area contributed by atoms with Gasteiger partial charge >= 0.3 is 0 Å². The fraction of sp³-hybridized carbons (Fsp3) is 0.263. The fourth-order valence-corrected chi connectivity index (χ4v) is 2.73. The first kappa shape index (κ1) is 14.6. The Hall–Kier alpha value is -3.00. The van der Waals surface area contributed by atoms with Gasteiger partial charge in [0.2, 0.25) is 0 Å². The van der Waals surface area contributed by atoms with E-state index in [1.807, 2.05) is 36.5 Å². The maximum Gasteiger partial charge on any atom is 0.146 e. The SMILES string of the molecule is N#Cc1cc(OCCC2CC2)cc(Nc2ccc3cc[nH]c3c2)n1. The van der Waals surface area contributed by atoms with Crippen LogP contribution in [0.1, 0.15) is 25.0 Å². The van der Waals surface area contributed by atoms with Crippen LogP contribution in [0.4, 0.5) is 11.5 Å². The number of rotatable bonds is 6. The molecule has 0 aliphatic heterocycles. The highest BCUT2D eigenvalue weighted by molar-refractivity contribution is 5.83. The summed E-state index contributed by atoms with van der Waals surface area (Å²) in [6, 6.07) is 13.7. The van der Waals surface area contributed by atoms with E-state index in [0.29, 0.717) is 23.9 Å². The molecule has 1 saturated carbocycles. The molecule has 2 aromatic heterocycles. The van der Waals surface area contributed by atoms with Crippen molar-refractivity contribution < 1.29 is 4.74 Å². The molecule has 0 atom stereocenters. The summed E-state index contributed by atoms with van der Waals surface area (Å²) in [4.78, 5) is 7.49. The number of hydrogen-bond acceptors (Lipinski definition) is 4. The van der Waals surface area contributed by atoms with E-state index in [2.05, 4.69) is 21.4 Å². The van der Waals surface area contributed by atoms with Crippen molar-refractivity contribution in [3.63, 3.8) is 0 Å². The molecule has 0 spiro atoms. The van der Waals surface area contributed by atoms with Crippen LogP contribution in [-0.4, -0.2) is 16.6 Å². The number of aromatic nitrogens is 2. The lowest BCUT2D eigenvalue weighted by Crippen LogP contribution is -2.01. The molecule has 0 bridgehead atoms. The van der Waals surface area contributed by atoms with Crippen molar-refractivity contribution in [2.75, 3.05) is 11.9 Å². The van der Waals surface area contributed by atoms with Crippen molar-refractivity contribution in [2.45, 2.75) is 19.3 Å². The minimum Gasteiger partial charge on any atom is -0.493 e. The van der Waals surface area contributed by atoms with E-state index in [4.69, 9.17) is 4.74 Å². The van der Waals surface area contributed by atoms with Crippen LogP contribution < -0.4 is 10.1 Å². The van der Waals surface area contributed by atoms with E-state index in [-0.39, 0.29) is 0 Å². The number of ether oxygens (including phenoxy) is 1. The molecule has 2 heterocycles. The molecule has 1 aliphatic carbocycles. The zero-order valence-electron chi connectivity index (χ0n) is 13.2. The first-order valence-corrected chi connectivity index (χ1v) is 8.19. The van der Waals surface area contributed by atoms with Crippen molar-refractivity contribution in [1.82, 2.24) is 9.97 Å². The lowest BCUT2D eigenvalue weighted by Gasteiger charge is -2.10. The van der Waals surface area contributed by atoms with E-state index in [0.717, 1.165) is 28.9 Å². The number of nitriles is 1.